The van der Waals surface area contributed by atoms with E-state index in [2.05, 4.69) is 9.97 Å². The molecule has 0 atom stereocenters. The maximum atomic E-state index is 11.9. The van der Waals surface area contributed by atoms with Crippen molar-refractivity contribution in [2.45, 2.75) is 32.8 Å². The fourth-order valence-corrected chi connectivity index (χ4v) is 1.70. The summed E-state index contributed by atoms with van der Waals surface area (Å²) in [6.45, 7) is 6.20. The van der Waals surface area contributed by atoms with E-state index in [4.69, 9.17) is 4.74 Å². The van der Waals surface area contributed by atoms with E-state index in [-0.39, 0.29) is 6.09 Å². The SMILES string of the molecule is CC(C)(C)OC(=O)N1C=C(c2ccncn2)CC1. The van der Waals surface area contributed by atoms with E-state index in [9.17, 15) is 4.79 Å². The molecule has 0 fully saturated rings. The summed E-state index contributed by atoms with van der Waals surface area (Å²) in [5.74, 6) is 0. The van der Waals surface area contributed by atoms with Crippen LogP contribution in [0.5, 0.6) is 0 Å². The van der Waals surface area contributed by atoms with Crippen LogP contribution in [0.25, 0.3) is 5.57 Å². The van der Waals surface area contributed by atoms with Crippen molar-refractivity contribution >= 4 is 11.7 Å². The van der Waals surface area contributed by atoms with Crippen molar-refractivity contribution in [1.29, 1.82) is 0 Å². The molecule has 1 aliphatic rings. The van der Waals surface area contributed by atoms with Crippen molar-refractivity contribution in [1.82, 2.24) is 14.9 Å². The Morgan fingerprint density at radius 2 is 2.22 bits per heavy atom. The maximum Gasteiger partial charge on any atom is 0.414 e. The van der Waals surface area contributed by atoms with E-state index >= 15 is 0 Å². The number of nitrogens with zero attached hydrogens (tertiary/aromatic N) is 3. The van der Waals surface area contributed by atoms with Gasteiger partial charge in [-0.3, -0.25) is 4.90 Å². The molecule has 5 heteroatoms. The highest BCUT2D eigenvalue weighted by Gasteiger charge is 2.25. The monoisotopic (exact) mass is 247 g/mol. The van der Waals surface area contributed by atoms with E-state index in [1.165, 1.54) is 6.33 Å². The molecule has 0 radical (unpaired) electrons. The molecule has 0 saturated carbocycles. The topological polar surface area (TPSA) is 55.3 Å². The van der Waals surface area contributed by atoms with Gasteiger partial charge in [-0.05, 0) is 38.8 Å². The van der Waals surface area contributed by atoms with Crippen LogP contribution in [0.1, 0.15) is 32.9 Å². The summed E-state index contributed by atoms with van der Waals surface area (Å²) in [6, 6.07) is 1.84. The minimum Gasteiger partial charge on any atom is -0.443 e. The first-order valence-electron chi connectivity index (χ1n) is 5.92. The molecule has 0 saturated heterocycles. The lowest BCUT2D eigenvalue weighted by Gasteiger charge is -2.23. The van der Waals surface area contributed by atoms with Crippen LogP contribution >= 0.6 is 0 Å². The molecular weight excluding hydrogens is 230 g/mol. The average molecular weight is 247 g/mol. The summed E-state index contributed by atoms with van der Waals surface area (Å²) in [6.07, 6.45) is 5.48. The van der Waals surface area contributed by atoms with Gasteiger partial charge in [0.05, 0.1) is 5.69 Å². The molecule has 0 bridgehead atoms. The lowest BCUT2D eigenvalue weighted by atomic mass is 10.2. The van der Waals surface area contributed by atoms with Crippen LogP contribution in [0.2, 0.25) is 0 Å². The molecular formula is C13H17N3O2. The smallest absolute Gasteiger partial charge is 0.414 e. The Morgan fingerprint density at radius 3 is 2.83 bits per heavy atom. The van der Waals surface area contributed by atoms with Gasteiger partial charge in [0.25, 0.3) is 0 Å². The number of hydrogen-bond donors (Lipinski definition) is 0. The molecule has 0 aromatic carbocycles. The molecule has 5 nitrogen and oxygen atoms in total. The largest absolute Gasteiger partial charge is 0.443 e. The molecule has 0 aliphatic carbocycles. The zero-order valence-electron chi connectivity index (χ0n) is 10.9. The summed E-state index contributed by atoms with van der Waals surface area (Å²) < 4.78 is 5.32. The summed E-state index contributed by atoms with van der Waals surface area (Å²) >= 11 is 0. The van der Waals surface area contributed by atoms with Crippen molar-refractivity contribution in [3.63, 3.8) is 0 Å². The van der Waals surface area contributed by atoms with Gasteiger partial charge in [0, 0.05) is 18.9 Å². The van der Waals surface area contributed by atoms with Gasteiger partial charge in [-0.1, -0.05) is 0 Å². The Morgan fingerprint density at radius 1 is 1.44 bits per heavy atom. The highest BCUT2D eigenvalue weighted by Crippen LogP contribution is 2.24. The Balaban J connectivity index is 2.07. The Hall–Kier alpha value is -1.91. The number of hydrogen-bond acceptors (Lipinski definition) is 4. The van der Waals surface area contributed by atoms with Crippen molar-refractivity contribution in [2.24, 2.45) is 0 Å². The lowest BCUT2D eigenvalue weighted by Crippen LogP contribution is -2.32. The lowest BCUT2D eigenvalue weighted by molar-refractivity contribution is 0.0349. The van der Waals surface area contributed by atoms with Gasteiger partial charge >= 0.3 is 6.09 Å². The maximum absolute atomic E-state index is 11.9. The number of ether oxygens (including phenoxy) is 1. The third-order valence-corrected chi connectivity index (χ3v) is 2.47. The van der Waals surface area contributed by atoms with Crippen LogP contribution in [-0.4, -0.2) is 33.1 Å². The highest BCUT2D eigenvalue weighted by atomic mass is 16.6. The van der Waals surface area contributed by atoms with Crippen molar-refractivity contribution in [3.8, 4) is 0 Å². The van der Waals surface area contributed by atoms with Gasteiger partial charge in [0.1, 0.15) is 11.9 Å². The van der Waals surface area contributed by atoms with Crippen LogP contribution in [-0.2, 0) is 4.74 Å². The van der Waals surface area contributed by atoms with E-state index in [0.29, 0.717) is 6.54 Å². The molecule has 0 N–H and O–H groups in total. The molecule has 18 heavy (non-hydrogen) atoms. The van der Waals surface area contributed by atoms with Crippen LogP contribution in [0.15, 0.2) is 24.8 Å². The molecule has 0 unspecified atom stereocenters. The van der Waals surface area contributed by atoms with Crippen molar-refractivity contribution < 1.29 is 9.53 Å². The predicted octanol–water partition coefficient (Wildman–Crippen LogP) is 2.46. The fraction of sp³-hybridized carbons (Fsp3) is 0.462. The fourth-order valence-electron chi connectivity index (χ4n) is 1.70. The van der Waals surface area contributed by atoms with Gasteiger partial charge in [-0.2, -0.15) is 0 Å². The van der Waals surface area contributed by atoms with Gasteiger partial charge in [-0.25, -0.2) is 14.8 Å². The first-order chi connectivity index (χ1) is 8.46. The van der Waals surface area contributed by atoms with Crippen LogP contribution in [0.4, 0.5) is 4.79 Å². The first-order valence-corrected chi connectivity index (χ1v) is 5.92. The Kier molecular flexibility index (Phi) is 3.32. The van der Waals surface area contributed by atoms with Crippen LogP contribution < -0.4 is 0 Å². The minimum absolute atomic E-state index is 0.313. The van der Waals surface area contributed by atoms with Gasteiger partial charge < -0.3 is 4.74 Å². The van der Waals surface area contributed by atoms with Gasteiger partial charge in [0.15, 0.2) is 0 Å². The normalized spacial score (nSPS) is 15.5. The molecule has 2 rings (SSSR count). The molecule has 96 valence electrons. The number of carbonyl (C=O) groups is 1. The van der Waals surface area contributed by atoms with Gasteiger partial charge in [0.2, 0.25) is 0 Å². The number of rotatable bonds is 1. The molecule has 1 aromatic rings. The summed E-state index contributed by atoms with van der Waals surface area (Å²) in [5, 5.41) is 0. The van der Waals surface area contributed by atoms with Crippen molar-refractivity contribution in [3.05, 3.63) is 30.5 Å². The number of carbonyl (C=O) groups excluding carboxylic acids is 1. The van der Waals surface area contributed by atoms with Gasteiger partial charge in [-0.15, -0.1) is 0 Å². The molecule has 1 aliphatic heterocycles. The zero-order valence-corrected chi connectivity index (χ0v) is 10.9. The average Bonchev–Trinajstić information content (AvgIpc) is 2.77. The third-order valence-electron chi connectivity index (χ3n) is 2.47. The number of aromatic nitrogens is 2. The van der Waals surface area contributed by atoms with E-state index in [1.54, 1.807) is 17.3 Å². The summed E-state index contributed by atoms with van der Waals surface area (Å²) in [5.41, 5.74) is 1.42. The van der Waals surface area contributed by atoms with E-state index in [0.717, 1.165) is 17.7 Å². The third kappa shape index (κ3) is 3.06. The zero-order chi connectivity index (χ0) is 13.2. The minimum atomic E-state index is -0.470. The first kappa shape index (κ1) is 12.5. The van der Waals surface area contributed by atoms with E-state index < -0.39 is 5.60 Å². The second-order valence-electron chi connectivity index (χ2n) is 5.17. The van der Waals surface area contributed by atoms with Crippen molar-refractivity contribution in [2.75, 3.05) is 6.54 Å². The second kappa shape index (κ2) is 4.76. The van der Waals surface area contributed by atoms with E-state index in [1.807, 2.05) is 26.8 Å². The van der Waals surface area contributed by atoms with Crippen LogP contribution in [0, 0.1) is 0 Å². The summed E-state index contributed by atoms with van der Waals surface area (Å²) in [7, 11) is 0. The summed E-state index contributed by atoms with van der Waals surface area (Å²) in [4.78, 5) is 21.5. The Labute approximate surface area is 106 Å². The molecule has 2 heterocycles. The highest BCUT2D eigenvalue weighted by molar-refractivity contribution is 5.75. The molecule has 1 aromatic heterocycles. The molecule has 0 spiro atoms. The Bertz CT molecular complexity index is 463. The van der Waals surface area contributed by atoms with Crippen LogP contribution in [0.3, 0.4) is 0 Å². The second-order valence-corrected chi connectivity index (χ2v) is 5.17. The molecule has 1 amide bonds. The number of amides is 1. The quantitative estimate of drug-likeness (QED) is 0.765. The standard InChI is InChI=1S/C13H17N3O2/c1-13(2,3)18-12(17)16-7-5-10(8-16)11-4-6-14-9-15-11/h4,6,8-9H,5,7H2,1-3H3. The predicted molar refractivity (Wildman–Crippen MR) is 67.6 cm³/mol.